The van der Waals surface area contributed by atoms with Crippen molar-refractivity contribution in [2.24, 2.45) is 11.8 Å². The molecule has 1 aliphatic heterocycles. The van der Waals surface area contributed by atoms with Crippen molar-refractivity contribution in [1.82, 2.24) is 24.4 Å². The maximum atomic E-state index is 13.5. The topological polar surface area (TPSA) is 124 Å². The number of hydrogen-bond donors (Lipinski definition) is 2. The van der Waals surface area contributed by atoms with E-state index in [2.05, 4.69) is 15.7 Å². The second-order valence-corrected chi connectivity index (χ2v) is 12.0. The Morgan fingerprint density at radius 1 is 1.05 bits per heavy atom. The van der Waals surface area contributed by atoms with Crippen LogP contribution in [0.2, 0.25) is 0 Å². The average Bonchev–Trinajstić information content (AvgIpc) is 3.43. The highest BCUT2D eigenvalue weighted by Gasteiger charge is 2.55. The van der Waals surface area contributed by atoms with Crippen LogP contribution in [0.4, 0.5) is 0 Å². The Bertz CT molecular complexity index is 1700. The summed E-state index contributed by atoms with van der Waals surface area (Å²) in [5.74, 6) is -0.0638. The van der Waals surface area contributed by atoms with Gasteiger partial charge in [-0.25, -0.2) is 12.4 Å². The Kier molecular flexibility index (Phi) is 6.07. The first-order valence-electron chi connectivity index (χ1n) is 12.8. The molecule has 39 heavy (non-hydrogen) atoms. The van der Waals surface area contributed by atoms with E-state index >= 15 is 0 Å². The number of carbonyl (C=O) groups is 2. The average molecular weight is 548 g/mol. The molecule has 1 aliphatic carbocycles. The second kappa shape index (κ2) is 9.35. The first-order valence-corrected chi connectivity index (χ1v) is 14.3. The minimum absolute atomic E-state index is 0.0535. The van der Waals surface area contributed by atoms with Crippen molar-refractivity contribution in [3.8, 4) is 0 Å². The molecule has 2 unspecified atom stereocenters. The van der Waals surface area contributed by atoms with Gasteiger partial charge in [-0.1, -0.05) is 29.8 Å². The van der Waals surface area contributed by atoms with E-state index in [-0.39, 0.29) is 28.2 Å². The van der Waals surface area contributed by atoms with E-state index in [1.54, 1.807) is 42.5 Å². The molecule has 2 aliphatic rings. The normalized spacial score (nSPS) is 20.9. The van der Waals surface area contributed by atoms with Crippen LogP contribution in [0, 0.1) is 18.8 Å². The summed E-state index contributed by atoms with van der Waals surface area (Å²) in [6.45, 7) is 5.05. The van der Waals surface area contributed by atoms with Gasteiger partial charge in [-0.2, -0.15) is 5.10 Å². The Hall–Kier alpha value is -3.96. The number of nitrogens with one attached hydrogen (secondary N) is 2. The van der Waals surface area contributed by atoms with E-state index in [1.807, 2.05) is 19.9 Å². The van der Waals surface area contributed by atoms with Gasteiger partial charge in [0.05, 0.1) is 29.7 Å². The fraction of sp³-hybridized carbons (Fsp3) is 0.321. The lowest BCUT2D eigenvalue weighted by Gasteiger charge is -2.18. The molecular weight excluding hydrogens is 518 g/mol. The fourth-order valence-electron chi connectivity index (χ4n) is 5.47. The van der Waals surface area contributed by atoms with Crippen molar-refractivity contribution >= 4 is 32.7 Å². The standard InChI is InChI=1S/C28H29N5O5S/c1-16-7-9-18(10-8-16)39(36,37)32-12-11-20-19(5-4-6-24(20)32)17(2)33-25(13-23(31-33)27(34)29-3)28(35)30-26-21-14-38-15-22(21)26/h4-13,17,21-22,26H,14-15H2,1-3H3,(H,29,34)(H,30,35)/t17?,21-,22+,26?. The van der Waals surface area contributed by atoms with E-state index in [0.29, 0.717) is 36.0 Å². The van der Waals surface area contributed by atoms with E-state index in [4.69, 9.17) is 4.74 Å². The molecule has 1 saturated heterocycles. The predicted octanol–water partition coefficient (Wildman–Crippen LogP) is 2.73. The molecule has 4 atom stereocenters. The fourth-order valence-corrected chi connectivity index (χ4v) is 6.82. The highest BCUT2D eigenvalue weighted by atomic mass is 32.2. The smallest absolute Gasteiger partial charge is 0.271 e. The van der Waals surface area contributed by atoms with Crippen molar-refractivity contribution in [2.75, 3.05) is 20.3 Å². The zero-order chi connectivity index (χ0) is 27.5. The van der Waals surface area contributed by atoms with Gasteiger partial charge < -0.3 is 15.4 Å². The minimum Gasteiger partial charge on any atom is -0.381 e. The lowest BCUT2D eigenvalue weighted by molar-refractivity contribution is 0.0915. The van der Waals surface area contributed by atoms with Gasteiger partial charge in [-0.05, 0) is 43.7 Å². The molecule has 2 aromatic carbocycles. The predicted molar refractivity (Wildman–Crippen MR) is 144 cm³/mol. The zero-order valence-electron chi connectivity index (χ0n) is 21.8. The van der Waals surface area contributed by atoms with E-state index < -0.39 is 22.0 Å². The summed E-state index contributed by atoms with van der Waals surface area (Å²) in [4.78, 5) is 26.0. The number of nitrogens with zero attached hydrogens (tertiary/aromatic N) is 3. The Labute approximate surface area is 226 Å². The van der Waals surface area contributed by atoms with Crippen LogP contribution in [0.5, 0.6) is 0 Å². The summed E-state index contributed by atoms with van der Waals surface area (Å²) in [5.41, 5.74) is 2.63. The Balaban J connectivity index is 1.38. The van der Waals surface area contributed by atoms with Crippen molar-refractivity contribution < 1.29 is 22.7 Å². The third-order valence-electron chi connectivity index (χ3n) is 7.80. The molecule has 2 aromatic heterocycles. The number of aryl methyl sites for hydroxylation is 1. The second-order valence-electron chi connectivity index (χ2n) is 10.2. The molecule has 10 nitrogen and oxygen atoms in total. The number of fused-ring (bicyclic) bond motifs is 2. The summed E-state index contributed by atoms with van der Waals surface area (Å²) >= 11 is 0. The summed E-state index contributed by atoms with van der Waals surface area (Å²) in [6.07, 6.45) is 1.54. The third kappa shape index (κ3) is 4.22. The van der Waals surface area contributed by atoms with Gasteiger partial charge in [-0.15, -0.1) is 0 Å². The molecule has 3 heterocycles. The molecule has 11 heteroatoms. The molecule has 4 aromatic rings. The highest BCUT2D eigenvalue weighted by Crippen LogP contribution is 2.44. The van der Waals surface area contributed by atoms with Gasteiger partial charge >= 0.3 is 0 Å². The van der Waals surface area contributed by atoms with Gasteiger partial charge in [0, 0.05) is 42.6 Å². The summed E-state index contributed by atoms with van der Waals surface area (Å²) < 4.78 is 35.1. The molecule has 0 radical (unpaired) electrons. The van der Waals surface area contributed by atoms with Gasteiger partial charge in [0.1, 0.15) is 5.69 Å². The molecule has 2 amide bonds. The molecule has 0 bridgehead atoms. The molecule has 2 N–H and O–H groups in total. The number of ether oxygens (including phenoxy) is 1. The SMILES string of the molecule is CNC(=O)c1cc(C(=O)NC2[C@H]3COC[C@@H]23)n(C(C)c2cccc3c2ccn3S(=O)(=O)c2ccc(C)cc2)n1. The van der Waals surface area contributed by atoms with Gasteiger partial charge in [-0.3, -0.25) is 14.3 Å². The summed E-state index contributed by atoms with van der Waals surface area (Å²) in [7, 11) is -2.32. The molecule has 6 rings (SSSR count). The summed E-state index contributed by atoms with van der Waals surface area (Å²) in [6, 6.07) is 14.9. The van der Waals surface area contributed by atoms with Crippen LogP contribution >= 0.6 is 0 Å². The number of benzene rings is 2. The van der Waals surface area contributed by atoms with Crippen molar-refractivity contribution in [1.29, 1.82) is 0 Å². The van der Waals surface area contributed by atoms with Crippen LogP contribution in [0.25, 0.3) is 10.9 Å². The van der Waals surface area contributed by atoms with E-state index in [0.717, 1.165) is 11.1 Å². The zero-order valence-corrected chi connectivity index (χ0v) is 22.6. The number of hydrogen-bond acceptors (Lipinski definition) is 6. The molecule has 2 fully saturated rings. The number of carbonyl (C=O) groups excluding carboxylic acids is 2. The lowest BCUT2D eigenvalue weighted by Crippen LogP contribution is -2.32. The van der Waals surface area contributed by atoms with Crippen molar-refractivity contribution in [2.45, 2.75) is 30.8 Å². The van der Waals surface area contributed by atoms with Crippen LogP contribution in [0.15, 0.2) is 65.7 Å². The van der Waals surface area contributed by atoms with Crippen LogP contribution < -0.4 is 10.6 Å². The molecule has 0 spiro atoms. The first-order chi connectivity index (χ1) is 18.7. The number of amides is 2. The lowest BCUT2D eigenvalue weighted by atomic mass is 10.0. The third-order valence-corrected chi connectivity index (χ3v) is 9.51. The first kappa shape index (κ1) is 25.3. The number of aromatic nitrogens is 3. The largest absolute Gasteiger partial charge is 0.381 e. The van der Waals surface area contributed by atoms with Crippen molar-refractivity contribution in [3.63, 3.8) is 0 Å². The highest BCUT2D eigenvalue weighted by molar-refractivity contribution is 7.90. The maximum absolute atomic E-state index is 13.5. The molecule has 202 valence electrons. The molecule has 1 saturated carbocycles. The van der Waals surface area contributed by atoms with Crippen LogP contribution in [-0.4, -0.2) is 60.3 Å². The maximum Gasteiger partial charge on any atom is 0.271 e. The van der Waals surface area contributed by atoms with Crippen molar-refractivity contribution in [3.05, 3.63) is 83.3 Å². The Morgan fingerprint density at radius 3 is 2.46 bits per heavy atom. The quantitative estimate of drug-likeness (QED) is 0.367. The Morgan fingerprint density at radius 2 is 1.77 bits per heavy atom. The van der Waals surface area contributed by atoms with Gasteiger partial charge in [0.25, 0.3) is 21.8 Å². The van der Waals surface area contributed by atoms with Crippen LogP contribution in [0.3, 0.4) is 0 Å². The monoisotopic (exact) mass is 547 g/mol. The molecular formula is C28H29N5O5S. The van der Waals surface area contributed by atoms with Gasteiger partial charge in [0.15, 0.2) is 5.69 Å². The minimum atomic E-state index is -3.83. The summed E-state index contributed by atoms with van der Waals surface area (Å²) in [5, 5.41) is 10.8. The van der Waals surface area contributed by atoms with Crippen LogP contribution in [-0.2, 0) is 14.8 Å². The number of rotatable bonds is 7. The van der Waals surface area contributed by atoms with E-state index in [1.165, 1.54) is 28.0 Å². The van der Waals surface area contributed by atoms with Crippen LogP contribution in [0.1, 0.15) is 45.1 Å². The van der Waals surface area contributed by atoms with Gasteiger partial charge in [0.2, 0.25) is 0 Å². The van der Waals surface area contributed by atoms with E-state index in [9.17, 15) is 18.0 Å².